The second-order valence-electron chi connectivity index (χ2n) is 2.97. The van der Waals surface area contributed by atoms with E-state index in [2.05, 4.69) is 10.5 Å². The molecule has 4 N–H and O–H groups in total. The standard InChI is InChI=1S/C10H13ClN4/c11-9-6-4-2-1-3-5-8(9)7-14-15-10(12)13/h3-7H,1-2H2,(H4,12,13,15)/b5-3?,6-4-,9-8-,14-7+. The maximum atomic E-state index is 6.91. The SMILES string of the molecule is N=C(N)N/N=C/C1=C(Cl)/C=C\CCC=C1. The van der Waals surface area contributed by atoms with Crippen LogP contribution in [0.2, 0.25) is 0 Å². The third-order valence-corrected chi connectivity index (χ3v) is 2.07. The molecule has 0 aromatic carbocycles. The summed E-state index contributed by atoms with van der Waals surface area (Å²) in [6.07, 6.45) is 11.3. The van der Waals surface area contributed by atoms with E-state index in [1.165, 1.54) is 6.21 Å². The lowest BCUT2D eigenvalue weighted by atomic mass is 10.1. The van der Waals surface area contributed by atoms with Crippen molar-refractivity contribution >= 4 is 23.8 Å². The van der Waals surface area contributed by atoms with Gasteiger partial charge in [-0.05, 0) is 18.9 Å². The minimum atomic E-state index is -0.201. The van der Waals surface area contributed by atoms with Gasteiger partial charge in [-0.3, -0.25) is 5.41 Å². The number of nitrogens with zero attached hydrogens (tertiary/aromatic N) is 1. The van der Waals surface area contributed by atoms with Crippen LogP contribution in [0.3, 0.4) is 0 Å². The van der Waals surface area contributed by atoms with Crippen molar-refractivity contribution in [1.29, 1.82) is 5.41 Å². The number of nitrogens with two attached hydrogens (primary N) is 1. The highest BCUT2D eigenvalue weighted by Crippen LogP contribution is 2.14. The van der Waals surface area contributed by atoms with Crippen LogP contribution in [0.1, 0.15) is 12.8 Å². The Morgan fingerprint density at radius 3 is 2.80 bits per heavy atom. The van der Waals surface area contributed by atoms with Gasteiger partial charge in [-0.1, -0.05) is 29.8 Å². The van der Waals surface area contributed by atoms with E-state index >= 15 is 0 Å². The molecule has 0 radical (unpaired) electrons. The normalized spacial score (nSPS) is 23.5. The van der Waals surface area contributed by atoms with E-state index in [1.807, 2.05) is 24.3 Å². The summed E-state index contributed by atoms with van der Waals surface area (Å²) < 4.78 is 0. The molecular formula is C10H13ClN4. The minimum Gasteiger partial charge on any atom is -0.369 e. The van der Waals surface area contributed by atoms with Gasteiger partial charge in [0.1, 0.15) is 0 Å². The van der Waals surface area contributed by atoms with E-state index in [9.17, 15) is 0 Å². The number of halogens is 1. The summed E-state index contributed by atoms with van der Waals surface area (Å²) in [6.45, 7) is 0. The molecule has 1 aliphatic rings. The van der Waals surface area contributed by atoms with Crippen LogP contribution in [0.5, 0.6) is 0 Å². The van der Waals surface area contributed by atoms with Crippen LogP contribution >= 0.6 is 11.6 Å². The summed E-state index contributed by atoms with van der Waals surface area (Å²) in [5.74, 6) is -0.201. The Labute approximate surface area is 93.7 Å². The number of allylic oxidation sites excluding steroid dienone is 6. The molecule has 80 valence electrons. The van der Waals surface area contributed by atoms with Gasteiger partial charge in [0, 0.05) is 10.6 Å². The van der Waals surface area contributed by atoms with Crippen LogP contribution in [0, 0.1) is 5.41 Å². The molecular weight excluding hydrogens is 212 g/mol. The van der Waals surface area contributed by atoms with Crippen LogP contribution in [-0.4, -0.2) is 12.2 Å². The first-order valence-corrected chi connectivity index (χ1v) is 4.94. The van der Waals surface area contributed by atoms with Gasteiger partial charge in [0.15, 0.2) is 0 Å². The van der Waals surface area contributed by atoms with Gasteiger partial charge in [0.2, 0.25) is 5.96 Å². The number of hydrogen-bond donors (Lipinski definition) is 3. The molecule has 5 heteroatoms. The maximum Gasteiger partial charge on any atom is 0.206 e. The molecule has 0 atom stereocenters. The summed E-state index contributed by atoms with van der Waals surface area (Å²) >= 11 is 6.01. The molecule has 0 amide bonds. The van der Waals surface area contributed by atoms with Crippen molar-refractivity contribution in [2.75, 3.05) is 0 Å². The smallest absolute Gasteiger partial charge is 0.206 e. The number of hydrogen-bond acceptors (Lipinski definition) is 2. The minimum absolute atomic E-state index is 0.201. The number of hydrazone groups is 1. The summed E-state index contributed by atoms with van der Waals surface area (Å²) in [6, 6.07) is 0. The zero-order valence-corrected chi connectivity index (χ0v) is 8.96. The molecule has 0 saturated heterocycles. The van der Waals surface area contributed by atoms with Crippen LogP contribution in [0.25, 0.3) is 0 Å². The highest BCUT2D eigenvalue weighted by Gasteiger charge is 1.97. The zero-order valence-electron chi connectivity index (χ0n) is 8.20. The average Bonchev–Trinajstić information content (AvgIpc) is 2.16. The quantitative estimate of drug-likeness (QED) is 0.381. The van der Waals surface area contributed by atoms with Crippen molar-refractivity contribution in [2.45, 2.75) is 12.8 Å². The lowest BCUT2D eigenvalue weighted by Crippen LogP contribution is -2.25. The van der Waals surface area contributed by atoms with Crippen molar-refractivity contribution in [3.05, 3.63) is 34.9 Å². The molecule has 0 spiro atoms. The van der Waals surface area contributed by atoms with Crippen LogP contribution in [0.15, 0.2) is 40.0 Å². The van der Waals surface area contributed by atoms with E-state index in [1.54, 1.807) is 0 Å². The molecule has 0 aromatic rings. The number of guanidine groups is 1. The summed E-state index contributed by atoms with van der Waals surface area (Å²) in [5.41, 5.74) is 8.20. The zero-order chi connectivity index (χ0) is 11.1. The molecule has 0 aromatic heterocycles. The monoisotopic (exact) mass is 224 g/mol. The Morgan fingerprint density at radius 2 is 2.13 bits per heavy atom. The first-order valence-electron chi connectivity index (χ1n) is 4.56. The predicted molar refractivity (Wildman–Crippen MR) is 63.9 cm³/mol. The third-order valence-electron chi connectivity index (χ3n) is 1.73. The first kappa shape index (κ1) is 11.5. The Bertz CT molecular complexity index is 352. The third kappa shape index (κ3) is 4.46. The fraction of sp³-hybridized carbons (Fsp3) is 0.200. The number of nitrogens with one attached hydrogen (secondary N) is 2. The highest BCUT2D eigenvalue weighted by molar-refractivity contribution is 6.33. The Hall–Kier alpha value is -1.55. The first-order chi connectivity index (χ1) is 7.20. The van der Waals surface area contributed by atoms with Gasteiger partial charge in [-0.15, -0.1) is 0 Å². The van der Waals surface area contributed by atoms with Crippen LogP contribution in [0.4, 0.5) is 0 Å². The number of rotatable bonds is 2. The molecule has 0 bridgehead atoms. The van der Waals surface area contributed by atoms with Gasteiger partial charge >= 0.3 is 0 Å². The van der Waals surface area contributed by atoms with Gasteiger partial charge in [-0.2, -0.15) is 5.10 Å². The van der Waals surface area contributed by atoms with Crippen molar-refractivity contribution in [3.63, 3.8) is 0 Å². The molecule has 0 saturated carbocycles. The van der Waals surface area contributed by atoms with E-state index in [0.717, 1.165) is 18.4 Å². The largest absolute Gasteiger partial charge is 0.369 e. The second-order valence-corrected chi connectivity index (χ2v) is 3.38. The predicted octanol–water partition coefficient (Wildman–Crippen LogP) is 1.85. The van der Waals surface area contributed by atoms with Gasteiger partial charge < -0.3 is 5.73 Å². The summed E-state index contributed by atoms with van der Waals surface area (Å²) in [5, 5.41) is 11.3. The average molecular weight is 225 g/mol. The van der Waals surface area contributed by atoms with Crippen LogP contribution in [-0.2, 0) is 0 Å². The molecule has 1 aliphatic carbocycles. The highest BCUT2D eigenvalue weighted by atomic mass is 35.5. The van der Waals surface area contributed by atoms with Crippen molar-refractivity contribution in [2.24, 2.45) is 10.8 Å². The van der Waals surface area contributed by atoms with Gasteiger partial charge in [-0.25, -0.2) is 5.43 Å². The van der Waals surface area contributed by atoms with Crippen molar-refractivity contribution in [1.82, 2.24) is 5.43 Å². The lowest BCUT2D eigenvalue weighted by Gasteiger charge is -2.00. The summed E-state index contributed by atoms with van der Waals surface area (Å²) in [4.78, 5) is 0. The van der Waals surface area contributed by atoms with E-state index in [4.69, 9.17) is 22.7 Å². The summed E-state index contributed by atoms with van der Waals surface area (Å²) in [7, 11) is 0. The second kappa shape index (κ2) is 6.03. The van der Waals surface area contributed by atoms with Crippen LogP contribution < -0.4 is 11.2 Å². The van der Waals surface area contributed by atoms with E-state index < -0.39 is 0 Å². The molecule has 0 fully saturated rings. The Balaban J connectivity index is 2.75. The molecule has 15 heavy (non-hydrogen) atoms. The van der Waals surface area contributed by atoms with Gasteiger partial charge in [0.25, 0.3) is 0 Å². The molecule has 0 unspecified atom stereocenters. The fourth-order valence-electron chi connectivity index (χ4n) is 1.04. The molecule has 0 aliphatic heterocycles. The Morgan fingerprint density at radius 1 is 1.47 bits per heavy atom. The molecule has 1 rings (SSSR count). The fourth-order valence-corrected chi connectivity index (χ4v) is 1.24. The van der Waals surface area contributed by atoms with Crippen molar-refractivity contribution in [3.8, 4) is 0 Å². The molecule has 0 heterocycles. The maximum absolute atomic E-state index is 6.91. The van der Waals surface area contributed by atoms with E-state index in [0.29, 0.717) is 5.03 Å². The Kier molecular flexibility index (Phi) is 4.63. The lowest BCUT2D eigenvalue weighted by molar-refractivity contribution is 1.00. The topological polar surface area (TPSA) is 74.3 Å². The molecule has 4 nitrogen and oxygen atoms in total. The van der Waals surface area contributed by atoms with Crippen molar-refractivity contribution < 1.29 is 0 Å². The van der Waals surface area contributed by atoms with Gasteiger partial charge in [0.05, 0.1) is 6.21 Å². The van der Waals surface area contributed by atoms with E-state index in [-0.39, 0.29) is 5.96 Å².